The third-order valence-corrected chi connectivity index (χ3v) is 9.76. The molecule has 1 aromatic heterocycles. The van der Waals surface area contributed by atoms with Crippen LogP contribution >= 0.6 is 0 Å². The van der Waals surface area contributed by atoms with Gasteiger partial charge < -0.3 is 9.67 Å². The van der Waals surface area contributed by atoms with Crippen molar-refractivity contribution in [3.8, 4) is 11.4 Å². The van der Waals surface area contributed by atoms with Crippen LogP contribution in [0.15, 0.2) is 60.2 Å². The topological polar surface area (TPSA) is 91.6 Å². The molecule has 0 spiro atoms. The highest BCUT2D eigenvalue weighted by Crippen LogP contribution is 2.60. The van der Waals surface area contributed by atoms with Crippen LogP contribution in [-0.4, -0.2) is 27.5 Å². The largest absolute Gasteiger partial charge is 0.508 e. The third-order valence-electron chi connectivity index (χ3n) is 9.76. The number of nitrogens with zero attached hydrogens (tertiary/aromatic N) is 2. The van der Waals surface area contributed by atoms with E-state index < -0.39 is 17.8 Å². The zero-order chi connectivity index (χ0) is 27.8. The standard InChI is InChI=1S/C33H33N3O4/c1-19-11-24(20(2)35(19)26-7-9-28(37)10-8-26)15-29-30(38)34-32(40)36(31(29)39)27-5-3-25(4-6-27)33-16-21-12-22(17-33)14-23(13-21)18-33/h3-11,15,21-23,37H,12-14,16-18H2,1-2H3,(H,34,38,40)/b29-15+. The van der Waals surface area contributed by atoms with Crippen molar-refractivity contribution in [2.24, 2.45) is 17.8 Å². The molecule has 1 aliphatic heterocycles. The van der Waals surface area contributed by atoms with Gasteiger partial charge in [-0.3, -0.25) is 14.9 Å². The van der Waals surface area contributed by atoms with Crippen LogP contribution in [0, 0.1) is 31.6 Å². The number of imide groups is 2. The van der Waals surface area contributed by atoms with Crippen LogP contribution in [0.5, 0.6) is 5.75 Å². The van der Waals surface area contributed by atoms with Gasteiger partial charge in [0.2, 0.25) is 0 Å². The van der Waals surface area contributed by atoms with Crippen LogP contribution in [0.3, 0.4) is 0 Å². The summed E-state index contributed by atoms with van der Waals surface area (Å²) in [4.78, 5) is 40.4. The van der Waals surface area contributed by atoms with Gasteiger partial charge in [0.15, 0.2) is 0 Å². The molecule has 4 bridgehead atoms. The van der Waals surface area contributed by atoms with Gasteiger partial charge in [-0.1, -0.05) is 12.1 Å². The van der Waals surface area contributed by atoms with E-state index in [4.69, 9.17) is 0 Å². The van der Waals surface area contributed by atoms with Gasteiger partial charge in [0.1, 0.15) is 11.3 Å². The highest BCUT2D eigenvalue weighted by Gasteiger charge is 2.51. The summed E-state index contributed by atoms with van der Waals surface area (Å²) in [6.45, 7) is 3.84. The number of aromatic nitrogens is 1. The van der Waals surface area contributed by atoms with Crippen molar-refractivity contribution in [1.82, 2.24) is 9.88 Å². The molecule has 4 amide bonds. The lowest BCUT2D eigenvalue weighted by molar-refractivity contribution is -0.122. The number of carbonyl (C=O) groups excluding carboxylic acids is 3. The summed E-state index contributed by atoms with van der Waals surface area (Å²) in [6, 6.07) is 15.9. The van der Waals surface area contributed by atoms with Gasteiger partial charge in [-0.25, -0.2) is 9.69 Å². The Labute approximate surface area is 233 Å². The first-order valence-electron chi connectivity index (χ1n) is 14.2. The van der Waals surface area contributed by atoms with E-state index in [9.17, 15) is 19.5 Å². The second kappa shape index (κ2) is 8.95. The van der Waals surface area contributed by atoms with Crippen molar-refractivity contribution in [2.75, 3.05) is 4.90 Å². The molecule has 2 N–H and O–H groups in total. The molecule has 7 nitrogen and oxygen atoms in total. The molecular weight excluding hydrogens is 502 g/mol. The summed E-state index contributed by atoms with van der Waals surface area (Å²) in [5.74, 6) is 1.32. The van der Waals surface area contributed by atoms with Crippen molar-refractivity contribution < 1.29 is 19.5 Å². The van der Waals surface area contributed by atoms with Crippen LogP contribution in [0.2, 0.25) is 0 Å². The quantitative estimate of drug-likeness (QED) is 0.320. The van der Waals surface area contributed by atoms with Crippen molar-refractivity contribution in [3.63, 3.8) is 0 Å². The molecule has 40 heavy (non-hydrogen) atoms. The molecule has 1 saturated heterocycles. The molecule has 204 valence electrons. The first kappa shape index (κ1) is 24.9. The summed E-state index contributed by atoms with van der Waals surface area (Å²) in [7, 11) is 0. The van der Waals surface area contributed by atoms with Gasteiger partial charge in [0.05, 0.1) is 5.69 Å². The van der Waals surface area contributed by atoms with Crippen LogP contribution in [-0.2, 0) is 15.0 Å². The molecular formula is C33H33N3O4. The molecule has 3 aromatic rings. The van der Waals surface area contributed by atoms with E-state index in [-0.39, 0.29) is 16.7 Å². The second-order valence-corrected chi connectivity index (χ2v) is 12.4. The molecule has 4 aliphatic carbocycles. The van der Waals surface area contributed by atoms with Crippen molar-refractivity contribution in [2.45, 2.75) is 57.8 Å². The second-order valence-electron chi connectivity index (χ2n) is 12.4. The number of benzene rings is 2. The molecule has 4 saturated carbocycles. The van der Waals surface area contributed by atoms with Gasteiger partial charge in [-0.15, -0.1) is 0 Å². The van der Waals surface area contributed by atoms with Crippen LogP contribution in [0.25, 0.3) is 11.8 Å². The Balaban J connectivity index is 1.19. The number of aryl methyl sites for hydroxylation is 1. The normalized spacial score (nSPS) is 28.4. The van der Waals surface area contributed by atoms with Gasteiger partial charge in [-0.2, -0.15) is 0 Å². The van der Waals surface area contributed by atoms with Gasteiger partial charge >= 0.3 is 6.03 Å². The van der Waals surface area contributed by atoms with Gasteiger partial charge in [0.25, 0.3) is 11.8 Å². The molecule has 0 unspecified atom stereocenters. The molecule has 2 aromatic carbocycles. The number of barbiturate groups is 1. The number of carbonyl (C=O) groups is 3. The van der Waals surface area contributed by atoms with Gasteiger partial charge in [-0.05, 0) is 135 Å². The van der Waals surface area contributed by atoms with Crippen molar-refractivity contribution in [3.05, 3.63) is 82.7 Å². The fourth-order valence-electron chi connectivity index (χ4n) is 8.41. The molecule has 8 rings (SSSR count). The third kappa shape index (κ3) is 3.90. The van der Waals surface area contributed by atoms with Gasteiger partial charge in [0, 0.05) is 17.1 Å². The summed E-state index contributed by atoms with van der Waals surface area (Å²) >= 11 is 0. The van der Waals surface area contributed by atoms with Crippen molar-refractivity contribution >= 4 is 29.6 Å². The van der Waals surface area contributed by atoms with E-state index in [1.54, 1.807) is 30.3 Å². The number of urea groups is 1. The van der Waals surface area contributed by atoms with E-state index in [2.05, 4.69) is 17.4 Å². The average Bonchev–Trinajstić information content (AvgIpc) is 3.19. The average molecular weight is 536 g/mol. The predicted octanol–water partition coefficient (Wildman–Crippen LogP) is 5.93. The Morgan fingerprint density at radius 2 is 1.43 bits per heavy atom. The lowest BCUT2D eigenvalue weighted by Gasteiger charge is -2.57. The predicted molar refractivity (Wildman–Crippen MR) is 152 cm³/mol. The minimum absolute atomic E-state index is 0.0873. The number of hydrogen-bond acceptors (Lipinski definition) is 4. The monoisotopic (exact) mass is 535 g/mol. The highest BCUT2D eigenvalue weighted by molar-refractivity contribution is 6.39. The maximum atomic E-state index is 13.6. The van der Waals surface area contributed by atoms with E-state index in [1.807, 2.05) is 36.6 Å². The molecule has 2 heterocycles. The lowest BCUT2D eigenvalue weighted by Crippen LogP contribution is -2.54. The Morgan fingerprint density at radius 3 is 2.02 bits per heavy atom. The maximum absolute atomic E-state index is 13.6. The van der Waals surface area contributed by atoms with E-state index in [0.717, 1.165) is 39.7 Å². The fourth-order valence-corrected chi connectivity index (χ4v) is 8.41. The number of phenolic OH excluding ortho intramolecular Hbond substituents is 1. The summed E-state index contributed by atoms with van der Waals surface area (Å²) in [5.41, 5.74) is 5.21. The summed E-state index contributed by atoms with van der Waals surface area (Å²) < 4.78 is 1.99. The zero-order valence-corrected chi connectivity index (χ0v) is 22.8. The van der Waals surface area contributed by atoms with Crippen LogP contribution < -0.4 is 10.2 Å². The SMILES string of the molecule is Cc1cc(/C=C2\C(=O)NC(=O)N(c3ccc(C45CC6CC(CC(C6)C4)C5)cc3)C2=O)c(C)n1-c1ccc(O)cc1. The Hall–Kier alpha value is -4.13. The lowest BCUT2D eigenvalue weighted by atomic mass is 9.48. The van der Waals surface area contributed by atoms with Crippen LogP contribution in [0.1, 0.15) is 61.0 Å². The van der Waals surface area contributed by atoms with Crippen LogP contribution in [0.4, 0.5) is 10.5 Å². The van der Waals surface area contributed by atoms with E-state index >= 15 is 0 Å². The molecule has 5 aliphatic rings. The van der Waals surface area contributed by atoms with E-state index in [0.29, 0.717) is 11.3 Å². The number of amides is 4. The number of rotatable bonds is 4. The molecule has 5 fully saturated rings. The minimum atomic E-state index is -0.732. The maximum Gasteiger partial charge on any atom is 0.335 e. The summed E-state index contributed by atoms with van der Waals surface area (Å²) in [5, 5.41) is 12.0. The minimum Gasteiger partial charge on any atom is -0.508 e. The highest BCUT2D eigenvalue weighted by atomic mass is 16.3. The first-order chi connectivity index (χ1) is 19.2. The summed E-state index contributed by atoms with van der Waals surface area (Å²) in [6.07, 6.45) is 9.41. The molecule has 0 radical (unpaired) electrons. The Bertz CT molecular complexity index is 1540. The number of nitrogens with one attached hydrogen (secondary N) is 1. The zero-order valence-electron chi connectivity index (χ0n) is 22.8. The Morgan fingerprint density at radius 1 is 0.850 bits per heavy atom. The first-order valence-corrected chi connectivity index (χ1v) is 14.2. The van der Waals surface area contributed by atoms with Crippen molar-refractivity contribution in [1.29, 1.82) is 0 Å². The number of hydrogen-bond donors (Lipinski definition) is 2. The molecule has 7 heteroatoms. The Kier molecular flexibility index (Phi) is 5.56. The smallest absolute Gasteiger partial charge is 0.335 e. The van der Waals surface area contributed by atoms with E-state index in [1.165, 1.54) is 44.1 Å². The number of anilines is 1. The fraction of sp³-hybridized carbons (Fsp3) is 0.364. The number of aromatic hydroxyl groups is 1. The number of phenols is 1. The molecule has 0 atom stereocenters.